The summed E-state index contributed by atoms with van der Waals surface area (Å²) < 4.78 is 0. The Bertz CT molecular complexity index is 532. The zero-order chi connectivity index (χ0) is 14.2. The van der Waals surface area contributed by atoms with Gasteiger partial charge in [0.15, 0.2) is 0 Å². The van der Waals surface area contributed by atoms with Crippen molar-refractivity contribution in [1.82, 2.24) is 10.2 Å². The van der Waals surface area contributed by atoms with E-state index in [1.54, 1.807) is 0 Å². The summed E-state index contributed by atoms with van der Waals surface area (Å²) in [4.78, 5) is 15.1. The van der Waals surface area contributed by atoms with E-state index in [2.05, 4.69) is 34.5 Å². The fourth-order valence-electron chi connectivity index (χ4n) is 4.06. The maximum Gasteiger partial charge on any atom is 0.224 e. The molecule has 4 rings (SSSR count). The van der Waals surface area contributed by atoms with Gasteiger partial charge in [-0.1, -0.05) is 24.3 Å². The molecule has 3 heteroatoms. The lowest BCUT2D eigenvalue weighted by Crippen LogP contribution is -2.39. The first-order valence-electron chi connectivity index (χ1n) is 8.45. The summed E-state index contributed by atoms with van der Waals surface area (Å²) in [7, 11) is 0. The van der Waals surface area contributed by atoms with Gasteiger partial charge in [0.25, 0.3) is 0 Å². The van der Waals surface area contributed by atoms with Crippen LogP contribution in [-0.2, 0) is 11.2 Å². The number of amides is 1. The van der Waals surface area contributed by atoms with Crippen LogP contribution in [0.2, 0.25) is 0 Å². The highest BCUT2D eigenvalue weighted by atomic mass is 16.2. The lowest BCUT2D eigenvalue weighted by molar-refractivity contribution is -0.134. The molecule has 2 aliphatic carbocycles. The second-order valence-electron chi connectivity index (χ2n) is 6.78. The standard InChI is InChI=1S/C18H24N2O/c21-18(12-14-5-3-11-19-14)20(15-8-9-15)17-10-7-13-4-1-2-6-16(13)17/h1-2,4,6,14-15,17,19H,3,5,7-12H2. The molecule has 112 valence electrons. The zero-order valence-electron chi connectivity index (χ0n) is 12.6. The number of carbonyl (C=O) groups excluding carboxylic acids is 1. The molecule has 0 spiro atoms. The maximum atomic E-state index is 12.9. The van der Waals surface area contributed by atoms with Crippen LogP contribution in [0.1, 0.15) is 55.7 Å². The number of nitrogens with one attached hydrogen (secondary N) is 1. The van der Waals surface area contributed by atoms with E-state index in [4.69, 9.17) is 0 Å². The Hall–Kier alpha value is -1.35. The van der Waals surface area contributed by atoms with Crippen LogP contribution in [0, 0.1) is 0 Å². The Labute approximate surface area is 126 Å². The number of rotatable bonds is 4. The Morgan fingerprint density at radius 3 is 2.81 bits per heavy atom. The van der Waals surface area contributed by atoms with Crippen molar-refractivity contribution in [3.8, 4) is 0 Å². The fourth-order valence-corrected chi connectivity index (χ4v) is 4.06. The summed E-state index contributed by atoms with van der Waals surface area (Å²) in [6.07, 6.45) is 7.69. The van der Waals surface area contributed by atoms with Crippen LogP contribution in [0.3, 0.4) is 0 Å². The van der Waals surface area contributed by atoms with Gasteiger partial charge in [-0.2, -0.15) is 0 Å². The van der Waals surface area contributed by atoms with Gasteiger partial charge in [0.1, 0.15) is 0 Å². The maximum absolute atomic E-state index is 12.9. The molecule has 0 bridgehead atoms. The molecule has 2 atom stereocenters. The predicted molar refractivity (Wildman–Crippen MR) is 83.0 cm³/mol. The Balaban J connectivity index is 1.53. The molecular weight excluding hydrogens is 260 g/mol. The van der Waals surface area contributed by atoms with Gasteiger partial charge in [-0.15, -0.1) is 0 Å². The molecule has 1 N–H and O–H groups in total. The van der Waals surface area contributed by atoms with Crippen molar-refractivity contribution in [1.29, 1.82) is 0 Å². The Morgan fingerprint density at radius 1 is 1.19 bits per heavy atom. The number of hydrogen-bond acceptors (Lipinski definition) is 2. The first kappa shape index (κ1) is 13.3. The van der Waals surface area contributed by atoms with Gasteiger partial charge in [-0.25, -0.2) is 0 Å². The van der Waals surface area contributed by atoms with Crippen LogP contribution in [0.5, 0.6) is 0 Å². The summed E-state index contributed by atoms with van der Waals surface area (Å²) in [5.41, 5.74) is 2.84. The van der Waals surface area contributed by atoms with E-state index in [0.717, 1.165) is 25.8 Å². The highest BCUT2D eigenvalue weighted by Crippen LogP contribution is 2.42. The molecule has 21 heavy (non-hydrogen) atoms. The van der Waals surface area contributed by atoms with Crippen LogP contribution < -0.4 is 5.32 Å². The summed E-state index contributed by atoms with van der Waals surface area (Å²) in [6, 6.07) is 9.94. The van der Waals surface area contributed by atoms with Gasteiger partial charge in [0.05, 0.1) is 6.04 Å². The molecule has 1 aromatic carbocycles. The number of hydrogen-bond donors (Lipinski definition) is 1. The van der Waals surface area contributed by atoms with E-state index >= 15 is 0 Å². The summed E-state index contributed by atoms with van der Waals surface area (Å²) in [5, 5.41) is 3.46. The van der Waals surface area contributed by atoms with E-state index in [1.807, 2.05) is 0 Å². The first-order chi connectivity index (χ1) is 10.3. The van der Waals surface area contributed by atoms with Crippen LogP contribution in [0.25, 0.3) is 0 Å². The van der Waals surface area contributed by atoms with E-state index in [0.29, 0.717) is 30.5 Å². The van der Waals surface area contributed by atoms with Crippen molar-refractivity contribution in [3.05, 3.63) is 35.4 Å². The van der Waals surface area contributed by atoms with Crippen molar-refractivity contribution in [2.75, 3.05) is 6.54 Å². The third kappa shape index (κ3) is 2.59. The molecule has 1 aliphatic heterocycles. The molecule has 1 saturated carbocycles. The lowest BCUT2D eigenvalue weighted by Gasteiger charge is -2.31. The van der Waals surface area contributed by atoms with Gasteiger partial charge < -0.3 is 10.2 Å². The lowest BCUT2D eigenvalue weighted by atomic mass is 10.0. The predicted octanol–water partition coefficient (Wildman–Crippen LogP) is 2.81. The molecule has 2 fully saturated rings. The monoisotopic (exact) mass is 284 g/mol. The highest BCUT2D eigenvalue weighted by Gasteiger charge is 2.40. The van der Waals surface area contributed by atoms with Crippen LogP contribution in [0.4, 0.5) is 0 Å². The molecule has 3 aliphatic rings. The van der Waals surface area contributed by atoms with Gasteiger partial charge in [0, 0.05) is 18.5 Å². The number of aryl methyl sites for hydroxylation is 1. The van der Waals surface area contributed by atoms with E-state index in [-0.39, 0.29) is 0 Å². The molecule has 1 amide bonds. The topological polar surface area (TPSA) is 32.3 Å². The van der Waals surface area contributed by atoms with Crippen molar-refractivity contribution < 1.29 is 4.79 Å². The van der Waals surface area contributed by atoms with Crippen molar-refractivity contribution >= 4 is 5.91 Å². The molecule has 0 radical (unpaired) electrons. The number of carbonyl (C=O) groups is 1. The SMILES string of the molecule is O=C(CC1CCCN1)N(C1CC1)C1CCc2ccccc21. The summed E-state index contributed by atoms with van der Waals surface area (Å²) in [5.74, 6) is 0.374. The minimum Gasteiger partial charge on any atom is -0.333 e. The highest BCUT2D eigenvalue weighted by molar-refractivity contribution is 5.78. The molecule has 2 unspecified atom stereocenters. The van der Waals surface area contributed by atoms with Gasteiger partial charge >= 0.3 is 0 Å². The van der Waals surface area contributed by atoms with Crippen LogP contribution in [0.15, 0.2) is 24.3 Å². The minimum atomic E-state index is 0.336. The van der Waals surface area contributed by atoms with Crippen molar-refractivity contribution in [2.45, 2.75) is 63.1 Å². The number of nitrogens with zero attached hydrogens (tertiary/aromatic N) is 1. The molecule has 1 saturated heterocycles. The third-order valence-corrected chi connectivity index (χ3v) is 5.25. The van der Waals surface area contributed by atoms with Gasteiger partial charge in [0.2, 0.25) is 5.91 Å². The molecule has 1 aromatic rings. The van der Waals surface area contributed by atoms with Gasteiger partial charge in [-0.05, 0) is 56.2 Å². The quantitative estimate of drug-likeness (QED) is 0.922. The van der Waals surface area contributed by atoms with E-state index in [9.17, 15) is 4.79 Å². The second-order valence-corrected chi connectivity index (χ2v) is 6.78. The molecule has 0 aromatic heterocycles. The van der Waals surface area contributed by atoms with Crippen molar-refractivity contribution in [3.63, 3.8) is 0 Å². The summed E-state index contributed by atoms with van der Waals surface area (Å²) in [6.45, 7) is 1.08. The normalized spacial score (nSPS) is 27.6. The summed E-state index contributed by atoms with van der Waals surface area (Å²) >= 11 is 0. The molecule has 3 nitrogen and oxygen atoms in total. The largest absolute Gasteiger partial charge is 0.333 e. The van der Waals surface area contributed by atoms with E-state index in [1.165, 1.54) is 30.4 Å². The number of fused-ring (bicyclic) bond motifs is 1. The average molecular weight is 284 g/mol. The second kappa shape index (κ2) is 5.45. The molecule has 1 heterocycles. The average Bonchev–Trinajstić information content (AvgIpc) is 3.02. The van der Waals surface area contributed by atoms with E-state index < -0.39 is 0 Å². The minimum absolute atomic E-state index is 0.336. The first-order valence-corrected chi connectivity index (χ1v) is 8.45. The Kier molecular flexibility index (Phi) is 3.46. The smallest absolute Gasteiger partial charge is 0.224 e. The van der Waals surface area contributed by atoms with Crippen LogP contribution in [-0.4, -0.2) is 29.4 Å². The Morgan fingerprint density at radius 2 is 2.05 bits per heavy atom. The number of benzene rings is 1. The zero-order valence-corrected chi connectivity index (χ0v) is 12.6. The van der Waals surface area contributed by atoms with Crippen LogP contribution >= 0.6 is 0 Å². The third-order valence-electron chi connectivity index (χ3n) is 5.25. The fraction of sp³-hybridized carbons (Fsp3) is 0.611. The van der Waals surface area contributed by atoms with Crippen molar-refractivity contribution in [2.24, 2.45) is 0 Å². The van der Waals surface area contributed by atoms with Gasteiger partial charge in [-0.3, -0.25) is 4.79 Å². The molecular formula is C18H24N2O.